The summed E-state index contributed by atoms with van der Waals surface area (Å²) in [6.07, 6.45) is 1.99. The van der Waals surface area contributed by atoms with Gasteiger partial charge >= 0.3 is 18.2 Å². The molecule has 0 radical (unpaired) electrons. The number of hydrogen-bond donors (Lipinski definition) is 2. The van der Waals surface area contributed by atoms with E-state index in [1.807, 2.05) is 28.2 Å². The van der Waals surface area contributed by atoms with Gasteiger partial charge in [-0.15, -0.1) is 0 Å². The number of rotatable bonds is 13. The van der Waals surface area contributed by atoms with E-state index in [0.29, 0.717) is 0 Å². The van der Waals surface area contributed by atoms with Gasteiger partial charge in [-0.25, -0.2) is 14.4 Å². The van der Waals surface area contributed by atoms with Crippen LogP contribution in [0.3, 0.4) is 0 Å². The molecule has 0 bridgehead atoms. The Hall–Kier alpha value is -2.85. The monoisotopic (exact) mass is 452 g/mol. The third-order valence-electron chi connectivity index (χ3n) is 4.31. The van der Waals surface area contributed by atoms with Crippen LogP contribution in [0, 0.1) is 0 Å². The van der Waals surface area contributed by atoms with Crippen molar-refractivity contribution in [3.05, 3.63) is 23.8 Å². The molecule has 0 atom stereocenters. The van der Waals surface area contributed by atoms with Crippen molar-refractivity contribution in [2.45, 2.75) is 25.7 Å². The molecule has 0 aliphatic rings. The lowest BCUT2D eigenvalue weighted by Gasteiger charge is -2.13. The zero-order valence-electron chi connectivity index (χ0n) is 19.7. The zero-order chi connectivity index (χ0) is 23.9. The molecule has 10 heteroatoms. The molecule has 0 saturated carbocycles. The first-order chi connectivity index (χ1) is 15.2. The van der Waals surface area contributed by atoms with Crippen molar-refractivity contribution in [1.29, 1.82) is 0 Å². The highest BCUT2D eigenvalue weighted by Crippen LogP contribution is 2.20. The van der Waals surface area contributed by atoms with E-state index in [0.717, 1.165) is 38.8 Å². The third kappa shape index (κ3) is 12.1. The summed E-state index contributed by atoms with van der Waals surface area (Å²) < 4.78 is 15.1. The maximum Gasteiger partial charge on any atom is 0.411 e. The first kappa shape index (κ1) is 27.2. The number of carbonyl (C=O) groups excluding carboxylic acids is 3. The number of unbranched alkanes of at least 4 members (excludes halogenated alkanes) is 2. The Labute approximate surface area is 190 Å². The van der Waals surface area contributed by atoms with Crippen LogP contribution < -0.4 is 10.6 Å². The van der Waals surface area contributed by atoms with Gasteiger partial charge < -0.3 is 24.0 Å². The SMILES string of the molecule is COC(=O)c1cc(NC(=O)OCCCCN(C)C)cc(NC(=O)OCCCCN(C)C)c1. The lowest BCUT2D eigenvalue weighted by atomic mass is 10.1. The maximum atomic E-state index is 12.1. The number of ether oxygens (including phenoxy) is 3. The van der Waals surface area contributed by atoms with Crippen LogP contribution in [0.4, 0.5) is 21.0 Å². The molecule has 1 rings (SSSR count). The first-order valence-corrected chi connectivity index (χ1v) is 10.6. The number of nitrogens with one attached hydrogen (secondary N) is 2. The van der Waals surface area contributed by atoms with Crippen LogP contribution >= 0.6 is 0 Å². The fourth-order valence-electron chi connectivity index (χ4n) is 2.71. The average Bonchev–Trinajstić information content (AvgIpc) is 2.71. The fourth-order valence-corrected chi connectivity index (χ4v) is 2.71. The van der Waals surface area contributed by atoms with Crippen molar-refractivity contribution in [3.63, 3.8) is 0 Å². The number of benzene rings is 1. The van der Waals surface area contributed by atoms with Gasteiger partial charge in [0.25, 0.3) is 0 Å². The van der Waals surface area contributed by atoms with E-state index in [2.05, 4.69) is 20.4 Å². The van der Waals surface area contributed by atoms with Crippen LogP contribution in [-0.2, 0) is 14.2 Å². The number of carbonyl (C=O) groups is 3. The van der Waals surface area contributed by atoms with E-state index in [-0.39, 0.29) is 30.2 Å². The molecule has 1 aromatic carbocycles. The lowest BCUT2D eigenvalue weighted by Crippen LogP contribution is -2.18. The number of methoxy groups -OCH3 is 1. The second-order valence-corrected chi connectivity index (χ2v) is 7.83. The molecule has 180 valence electrons. The molecule has 0 spiro atoms. The Morgan fingerprint density at radius 1 is 0.750 bits per heavy atom. The molecule has 0 aliphatic carbocycles. The van der Waals surface area contributed by atoms with Crippen molar-refractivity contribution in [2.24, 2.45) is 0 Å². The molecular weight excluding hydrogens is 416 g/mol. The molecule has 0 unspecified atom stereocenters. The molecule has 0 fully saturated rings. The number of hydrogen-bond acceptors (Lipinski definition) is 8. The molecule has 32 heavy (non-hydrogen) atoms. The van der Waals surface area contributed by atoms with Gasteiger partial charge in [0, 0.05) is 11.4 Å². The molecule has 2 N–H and O–H groups in total. The van der Waals surface area contributed by atoms with Gasteiger partial charge in [0.1, 0.15) is 0 Å². The lowest BCUT2D eigenvalue weighted by molar-refractivity contribution is 0.0600. The number of esters is 1. The topological polar surface area (TPSA) is 109 Å². The van der Waals surface area contributed by atoms with Crippen LogP contribution in [0.2, 0.25) is 0 Å². The summed E-state index contributed by atoms with van der Waals surface area (Å²) in [7, 11) is 9.17. The van der Waals surface area contributed by atoms with Crippen LogP contribution in [0.15, 0.2) is 18.2 Å². The van der Waals surface area contributed by atoms with Crippen molar-refractivity contribution in [2.75, 3.05) is 72.2 Å². The van der Waals surface area contributed by atoms with Crippen molar-refractivity contribution >= 4 is 29.5 Å². The standard InChI is InChI=1S/C22H36N4O6/c1-25(2)10-6-8-12-31-21(28)23-18-14-17(20(27)30-5)15-19(16-18)24-22(29)32-13-9-7-11-26(3)4/h14-16H,6-13H2,1-5H3,(H,23,28)(H,24,29). The second kappa shape index (κ2) is 15.0. The van der Waals surface area contributed by atoms with Crippen LogP contribution in [0.25, 0.3) is 0 Å². The minimum absolute atomic E-state index is 0.164. The highest BCUT2D eigenvalue weighted by molar-refractivity contribution is 5.96. The van der Waals surface area contributed by atoms with Gasteiger partial charge in [-0.1, -0.05) is 0 Å². The van der Waals surface area contributed by atoms with Crippen LogP contribution in [0.5, 0.6) is 0 Å². The third-order valence-corrected chi connectivity index (χ3v) is 4.31. The van der Waals surface area contributed by atoms with Crippen LogP contribution in [-0.4, -0.2) is 89.6 Å². The summed E-state index contributed by atoms with van der Waals surface area (Å²) in [6.45, 7) is 2.38. The minimum atomic E-state index is -0.647. The summed E-state index contributed by atoms with van der Waals surface area (Å²) in [5, 5.41) is 5.14. The molecule has 0 aromatic heterocycles. The highest BCUT2D eigenvalue weighted by Gasteiger charge is 2.13. The normalized spacial score (nSPS) is 10.7. The van der Waals surface area contributed by atoms with E-state index in [1.54, 1.807) is 0 Å². The highest BCUT2D eigenvalue weighted by atomic mass is 16.6. The minimum Gasteiger partial charge on any atom is -0.465 e. The van der Waals surface area contributed by atoms with E-state index < -0.39 is 18.2 Å². The first-order valence-electron chi connectivity index (χ1n) is 10.6. The van der Waals surface area contributed by atoms with Gasteiger partial charge in [0.15, 0.2) is 0 Å². The predicted molar refractivity (Wildman–Crippen MR) is 123 cm³/mol. The van der Waals surface area contributed by atoms with Gasteiger partial charge in [0.05, 0.1) is 25.9 Å². The van der Waals surface area contributed by atoms with Gasteiger partial charge in [-0.2, -0.15) is 0 Å². The van der Waals surface area contributed by atoms with Crippen LogP contribution in [0.1, 0.15) is 36.0 Å². The molecule has 10 nitrogen and oxygen atoms in total. The van der Waals surface area contributed by atoms with Crippen molar-refractivity contribution in [1.82, 2.24) is 9.80 Å². The number of nitrogens with zero attached hydrogens (tertiary/aromatic N) is 2. The quantitative estimate of drug-likeness (QED) is 0.267. The molecular formula is C22H36N4O6. The number of anilines is 2. The molecule has 0 aliphatic heterocycles. The predicted octanol–water partition coefficient (Wildman–Crippen LogP) is 3.25. The molecule has 0 saturated heterocycles. The Morgan fingerprint density at radius 2 is 1.19 bits per heavy atom. The van der Waals surface area contributed by atoms with Gasteiger partial charge in [-0.3, -0.25) is 10.6 Å². The summed E-state index contributed by atoms with van der Waals surface area (Å²) in [6, 6.07) is 4.39. The molecule has 1 aromatic rings. The number of amides is 2. The van der Waals surface area contributed by atoms with Crippen molar-refractivity contribution in [3.8, 4) is 0 Å². The van der Waals surface area contributed by atoms with Crippen molar-refractivity contribution < 1.29 is 28.6 Å². The van der Waals surface area contributed by atoms with E-state index in [4.69, 9.17) is 14.2 Å². The van der Waals surface area contributed by atoms with Gasteiger partial charge in [-0.05, 0) is 85.2 Å². The summed E-state index contributed by atoms with van der Waals surface area (Å²) in [4.78, 5) is 40.2. The molecule has 2 amide bonds. The molecule has 0 heterocycles. The fraction of sp³-hybridized carbons (Fsp3) is 0.591. The largest absolute Gasteiger partial charge is 0.465 e. The van der Waals surface area contributed by atoms with Gasteiger partial charge in [0.2, 0.25) is 0 Å². The average molecular weight is 453 g/mol. The summed E-state index contributed by atoms with van der Waals surface area (Å²) >= 11 is 0. The Morgan fingerprint density at radius 3 is 1.56 bits per heavy atom. The second-order valence-electron chi connectivity index (χ2n) is 7.83. The maximum absolute atomic E-state index is 12.1. The van der Waals surface area contributed by atoms with E-state index in [9.17, 15) is 14.4 Å². The summed E-state index contributed by atoms with van der Waals surface area (Å²) in [5.41, 5.74) is 0.734. The summed E-state index contributed by atoms with van der Waals surface area (Å²) in [5.74, 6) is -0.606. The Bertz CT molecular complexity index is 689. The zero-order valence-corrected chi connectivity index (χ0v) is 19.7. The van der Waals surface area contributed by atoms with E-state index in [1.165, 1.54) is 25.3 Å². The Balaban J connectivity index is 2.64. The Kier molecular flexibility index (Phi) is 12.8. The van der Waals surface area contributed by atoms with E-state index >= 15 is 0 Å². The smallest absolute Gasteiger partial charge is 0.411 e.